The van der Waals surface area contributed by atoms with Crippen LogP contribution in [0.4, 0.5) is 0 Å². The van der Waals surface area contributed by atoms with Crippen molar-refractivity contribution in [1.82, 2.24) is 4.98 Å². The van der Waals surface area contributed by atoms with Gasteiger partial charge in [0, 0.05) is 18.1 Å². The molecular formula is C10H11ClN2. The normalized spacial score (nSPS) is 11.0. The predicted octanol–water partition coefficient (Wildman–Crippen LogP) is 2.59. The maximum Gasteiger partial charge on any atom is 0.0679 e. The number of halogens is 1. The minimum atomic E-state index is 0.534. The van der Waals surface area contributed by atoms with Crippen molar-refractivity contribution >= 4 is 22.5 Å². The molecule has 13 heavy (non-hydrogen) atoms. The first kappa shape index (κ1) is 8.60. The van der Waals surface area contributed by atoms with Gasteiger partial charge < -0.3 is 10.7 Å². The van der Waals surface area contributed by atoms with Crippen LogP contribution >= 0.6 is 11.6 Å². The molecule has 0 amide bonds. The van der Waals surface area contributed by atoms with Crippen molar-refractivity contribution in [3.8, 4) is 0 Å². The lowest BCUT2D eigenvalue weighted by Gasteiger charge is -2.06. The number of hydrogen-bond donors (Lipinski definition) is 2. The van der Waals surface area contributed by atoms with Crippen LogP contribution in [0.5, 0.6) is 0 Å². The molecule has 2 rings (SSSR count). The van der Waals surface area contributed by atoms with Gasteiger partial charge in [-0.05, 0) is 30.2 Å². The van der Waals surface area contributed by atoms with Gasteiger partial charge in [0.1, 0.15) is 0 Å². The zero-order chi connectivity index (χ0) is 9.42. The molecule has 2 aromatic rings. The second-order valence-corrected chi connectivity index (χ2v) is 3.50. The van der Waals surface area contributed by atoms with E-state index in [4.69, 9.17) is 17.3 Å². The first-order valence-electron chi connectivity index (χ1n) is 4.19. The standard InChI is InChI=1S/C10H11ClN2/c1-6-8(5-12)4-7-2-3-13-10(7)9(6)11/h2-4,13H,5,12H2,1H3. The number of nitrogens with one attached hydrogen (secondary N) is 1. The number of aromatic amines is 1. The summed E-state index contributed by atoms with van der Waals surface area (Å²) in [7, 11) is 0. The number of rotatable bonds is 1. The van der Waals surface area contributed by atoms with Gasteiger partial charge in [0.15, 0.2) is 0 Å². The van der Waals surface area contributed by atoms with E-state index in [9.17, 15) is 0 Å². The molecule has 2 nitrogen and oxygen atoms in total. The monoisotopic (exact) mass is 194 g/mol. The summed E-state index contributed by atoms with van der Waals surface area (Å²) in [6.45, 7) is 2.53. The number of H-pyrrole nitrogens is 1. The maximum absolute atomic E-state index is 6.16. The predicted molar refractivity (Wildman–Crippen MR) is 55.9 cm³/mol. The highest BCUT2D eigenvalue weighted by Gasteiger charge is 2.07. The van der Waals surface area contributed by atoms with E-state index >= 15 is 0 Å². The van der Waals surface area contributed by atoms with Gasteiger partial charge in [-0.2, -0.15) is 0 Å². The van der Waals surface area contributed by atoms with Gasteiger partial charge in [-0.1, -0.05) is 11.6 Å². The molecule has 3 heteroatoms. The Morgan fingerprint density at radius 2 is 2.31 bits per heavy atom. The fourth-order valence-electron chi connectivity index (χ4n) is 1.53. The first-order chi connectivity index (χ1) is 6.24. The molecule has 1 aromatic heterocycles. The molecule has 0 radical (unpaired) electrons. The molecule has 0 saturated carbocycles. The number of hydrogen-bond acceptors (Lipinski definition) is 1. The van der Waals surface area contributed by atoms with Crippen molar-refractivity contribution in [2.24, 2.45) is 5.73 Å². The highest BCUT2D eigenvalue weighted by molar-refractivity contribution is 6.36. The summed E-state index contributed by atoms with van der Waals surface area (Å²) < 4.78 is 0. The molecule has 3 N–H and O–H groups in total. The molecule has 0 aliphatic heterocycles. The molecule has 0 atom stereocenters. The molecular weight excluding hydrogens is 184 g/mol. The van der Waals surface area contributed by atoms with E-state index in [1.807, 2.05) is 19.2 Å². The van der Waals surface area contributed by atoms with Crippen molar-refractivity contribution in [2.75, 3.05) is 0 Å². The maximum atomic E-state index is 6.16. The Bertz CT molecular complexity index is 445. The average Bonchev–Trinajstić information content (AvgIpc) is 2.59. The van der Waals surface area contributed by atoms with Gasteiger partial charge in [0.2, 0.25) is 0 Å². The zero-order valence-corrected chi connectivity index (χ0v) is 8.15. The lowest BCUT2D eigenvalue weighted by Crippen LogP contribution is -1.99. The van der Waals surface area contributed by atoms with Crippen LogP contribution in [0.3, 0.4) is 0 Å². The summed E-state index contributed by atoms with van der Waals surface area (Å²) in [6.07, 6.45) is 1.89. The van der Waals surface area contributed by atoms with Crippen LogP contribution in [-0.2, 0) is 6.54 Å². The van der Waals surface area contributed by atoms with E-state index in [0.29, 0.717) is 6.54 Å². The molecule has 0 spiro atoms. The van der Waals surface area contributed by atoms with E-state index in [-0.39, 0.29) is 0 Å². The zero-order valence-electron chi connectivity index (χ0n) is 7.39. The van der Waals surface area contributed by atoms with Crippen molar-refractivity contribution in [2.45, 2.75) is 13.5 Å². The van der Waals surface area contributed by atoms with Crippen molar-refractivity contribution < 1.29 is 0 Å². The molecule has 1 aromatic carbocycles. The first-order valence-corrected chi connectivity index (χ1v) is 4.57. The van der Waals surface area contributed by atoms with Crippen LogP contribution in [0.15, 0.2) is 18.3 Å². The van der Waals surface area contributed by atoms with E-state index in [0.717, 1.165) is 27.1 Å². The Morgan fingerprint density at radius 1 is 1.54 bits per heavy atom. The Labute approximate surface area is 81.7 Å². The third-order valence-electron chi connectivity index (χ3n) is 2.36. The van der Waals surface area contributed by atoms with Crippen molar-refractivity contribution in [3.05, 3.63) is 34.5 Å². The van der Waals surface area contributed by atoms with Gasteiger partial charge in [-0.15, -0.1) is 0 Å². The van der Waals surface area contributed by atoms with Crippen LogP contribution in [0.2, 0.25) is 5.02 Å². The van der Waals surface area contributed by atoms with Crippen LogP contribution in [0.25, 0.3) is 10.9 Å². The van der Waals surface area contributed by atoms with Crippen molar-refractivity contribution in [1.29, 1.82) is 0 Å². The Kier molecular flexibility index (Phi) is 2.02. The minimum absolute atomic E-state index is 0.534. The Balaban J connectivity index is 2.83. The quantitative estimate of drug-likeness (QED) is 0.720. The molecule has 68 valence electrons. The van der Waals surface area contributed by atoms with Gasteiger partial charge in [-0.25, -0.2) is 0 Å². The van der Waals surface area contributed by atoms with E-state index in [1.54, 1.807) is 0 Å². The molecule has 0 aliphatic carbocycles. The summed E-state index contributed by atoms with van der Waals surface area (Å²) in [4.78, 5) is 3.11. The summed E-state index contributed by atoms with van der Waals surface area (Å²) in [5.74, 6) is 0. The number of nitrogens with two attached hydrogens (primary N) is 1. The molecule has 1 heterocycles. The fraction of sp³-hybridized carbons (Fsp3) is 0.200. The average molecular weight is 195 g/mol. The van der Waals surface area contributed by atoms with Gasteiger partial charge in [0.25, 0.3) is 0 Å². The highest BCUT2D eigenvalue weighted by atomic mass is 35.5. The number of aromatic nitrogens is 1. The van der Waals surface area contributed by atoms with Crippen LogP contribution in [0, 0.1) is 6.92 Å². The van der Waals surface area contributed by atoms with Crippen LogP contribution in [0.1, 0.15) is 11.1 Å². The molecule has 0 bridgehead atoms. The largest absolute Gasteiger partial charge is 0.360 e. The number of benzene rings is 1. The van der Waals surface area contributed by atoms with Gasteiger partial charge in [-0.3, -0.25) is 0 Å². The Morgan fingerprint density at radius 3 is 3.00 bits per heavy atom. The lowest BCUT2D eigenvalue weighted by molar-refractivity contribution is 1.05. The molecule has 0 saturated heterocycles. The van der Waals surface area contributed by atoms with Crippen molar-refractivity contribution in [3.63, 3.8) is 0 Å². The third kappa shape index (κ3) is 1.23. The highest BCUT2D eigenvalue weighted by Crippen LogP contribution is 2.28. The topological polar surface area (TPSA) is 41.8 Å². The second kappa shape index (κ2) is 3.05. The van der Waals surface area contributed by atoms with Gasteiger partial charge >= 0.3 is 0 Å². The minimum Gasteiger partial charge on any atom is -0.360 e. The van der Waals surface area contributed by atoms with E-state index < -0.39 is 0 Å². The van der Waals surface area contributed by atoms with Crippen LogP contribution < -0.4 is 5.73 Å². The fourth-order valence-corrected chi connectivity index (χ4v) is 1.81. The molecule has 0 unspecified atom stereocenters. The second-order valence-electron chi connectivity index (χ2n) is 3.12. The third-order valence-corrected chi connectivity index (χ3v) is 2.83. The molecule has 0 aliphatic rings. The summed E-state index contributed by atoms with van der Waals surface area (Å²) in [5, 5.41) is 1.90. The van der Waals surface area contributed by atoms with Gasteiger partial charge in [0.05, 0.1) is 10.5 Å². The van der Waals surface area contributed by atoms with Crippen LogP contribution in [-0.4, -0.2) is 4.98 Å². The van der Waals surface area contributed by atoms with E-state index in [1.165, 1.54) is 0 Å². The Hall–Kier alpha value is -0.990. The SMILES string of the molecule is Cc1c(CN)cc2cc[nH]c2c1Cl. The summed E-state index contributed by atoms with van der Waals surface area (Å²) >= 11 is 6.16. The van der Waals surface area contributed by atoms with E-state index in [2.05, 4.69) is 11.1 Å². The smallest absolute Gasteiger partial charge is 0.0679 e. The lowest BCUT2D eigenvalue weighted by atomic mass is 10.1. The summed E-state index contributed by atoms with van der Waals surface area (Å²) in [6, 6.07) is 4.08. The number of fused-ring (bicyclic) bond motifs is 1. The molecule has 0 fully saturated rings. The summed E-state index contributed by atoms with van der Waals surface area (Å²) in [5.41, 5.74) is 8.78.